The summed E-state index contributed by atoms with van der Waals surface area (Å²) < 4.78 is 37.5. The van der Waals surface area contributed by atoms with E-state index in [9.17, 15) is 17.7 Å². The molecule has 1 atom stereocenters. The van der Waals surface area contributed by atoms with E-state index < -0.39 is 22.0 Å². The van der Waals surface area contributed by atoms with Crippen LogP contribution in [0.4, 0.5) is 4.48 Å². The van der Waals surface area contributed by atoms with E-state index in [1.807, 2.05) is 0 Å². The second kappa shape index (κ2) is 5.03. The Labute approximate surface area is 105 Å². The van der Waals surface area contributed by atoms with E-state index in [-0.39, 0.29) is 15.8 Å². The van der Waals surface area contributed by atoms with Crippen LogP contribution in [0.1, 0.15) is 12.8 Å². The van der Waals surface area contributed by atoms with Crippen molar-refractivity contribution < 1.29 is 17.7 Å². The van der Waals surface area contributed by atoms with Crippen LogP contribution < -0.4 is 5.32 Å². The van der Waals surface area contributed by atoms with Gasteiger partial charge in [0.2, 0.25) is 5.91 Å². The number of carbonyl (C=O) groups excluding carboxylic acids is 1. The third kappa shape index (κ3) is 2.37. The lowest BCUT2D eigenvalue weighted by Gasteiger charge is -2.25. The number of halogens is 1. The van der Waals surface area contributed by atoms with Crippen LogP contribution in [0, 0.1) is 0 Å². The molecule has 1 aromatic carbocycles. The molecule has 1 N–H and O–H groups in total. The van der Waals surface area contributed by atoms with Gasteiger partial charge in [0.05, 0.1) is 4.90 Å². The van der Waals surface area contributed by atoms with Gasteiger partial charge < -0.3 is 5.32 Å². The summed E-state index contributed by atoms with van der Waals surface area (Å²) in [5.74, 6) is -0.594. The molecule has 1 heterocycles. The molecule has 0 spiro atoms. The van der Waals surface area contributed by atoms with Gasteiger partial charge in [-0.1, -0.05) is 18.2 Å². The van der Waals surface area contributed by atoms with Crippen molar-refractivity contribution in [3.05, 3.63) is 30.3 Å². The predicted octanol–water partition coefficient (Wildman–Crippen LogP) is 0.840. The van der Waals surface area contributed by atoms with Crippen LogP contribution in [0.5, 0.6) is 0 Å². The lowest BCUT2D eigenvalue weighted by atomic mass is 10.1. The van der Waals surface area contributed by atoms with Crippen LogP contribution in [0.25, 0.3) is 0 Å². The topological polar surface area (TPSA) is 66.5 Å². The summed E-state index contributed by atoms with van der Waals surface area (Å²) in [6.07, 6.45) is 0.746. The minimum Gasteiger partial charge on any atom is -0.355 e. The summed E-state index contributed by atoms with van der Waals surface area (Å²) >= 11 is 0. The summed E-state index contributed by atoms with van der Waals surface area (Å²) in [5, 5.41) is 2.45. The van der Waals surface area contributed by atoms with Gasteiger partial charge in [0.1, 0.15) is 6.04 Å². The maximum atomic E-state index is 14.0. The van der Waals surface area contributed by atoms with Crippen LogP contribution in [0.2, 0.25) is 0 Å². The first-order chi connectivity index (χ1) is 8.53. The standard InChI is InChI=1S/C11H13FN2O3S/c12-14(10-7-4-8-13-11(10)15)18(16,17)9-5-2-1-3-6-9/h1-3,5-6,10H,4,7-8H2,(H,13,15). The first-order valence-corrected chi connectivity index (χ1v) is 7.00. The zero-order chi connectivity index (χ0) is 13.2. The highest BCUT2D eigenvalue weighted by molar-refractivity contribution is 7.89. The minimum atomic E-state index is -4.27. The summed E-state index contributed by atoms with van der Waals surface area (Å²) in [7, 11) is -4.27. The second-order valence-corrected chi connectivity index (χ2v) is 5.78. The summed E-state index contributed by atoms with van der Waals surface area (Å²) in [5.41, 5.74) is 0. The fourth-order valence-electron chi connectivity index (χ4n) is 1.81. The van der Waals surface area contributed by atoms with E-state index in [0.717, 1.165) is 0 Å². The van der Waals surface area contributed by atoms with Gasteiger partial charge in [0.15, 0.2) is 0 Å². The number of carbonyl (C=O) groups is 1. The average molecular weight is 272 g/mol. The molecule has 1 unspecified atom stereocenters. The number of hydrogen-bond donors (Lipinski definition) is 1. The molecule has 0 bridgehead atoms. The molecule has 0 radical (unpaired) electrons. The minimum absolute atomic E-state index is 0.161. The van der Waals surface area contributed by atoms with E-state index in [0.29, 0.717) is 13.0 Å². The van der Waals surface area contributed by atoms with Gasteiger partial charge in [-0.3, -0.25) is 4.79 Å². The maximum Gasteiger partial charge on any atom is 0.269 e. The maximum absolute atomic E-state index is 14.0. The summed E-state index contributed by atoms with van der Waals surface area (Å²) in [4.78, 5) is 11.3. The highest BCUT2D eigenvalue weighted by atomic mass is 32.2. The van der Waals surface area contributed by atoms with Gasteiger partial charge in [0.25, 0.3) is 10.0 Å². The molecular formula is C11H13FN2O3S. The zero-order valence-corrected chi connectivity index (χ0v) is 10.4. The molecule has 2 rings (SSSR count). The van der Waals surface area contributed by atoms with Crippen LogP contribution in [-0.2, 0) is 14.8 Å². The highest BCUT2D eigenvalue weighted by Gasteiger charge is 2.37. The van der Waals surface area contributed by atoms with Crippen molar-refractivity contribution in [1.82, 2.24) is 9.84 Å². The Bertz CT molecular complexity index is 532. The van der Waals surface area contributed by atoms with E-state index in [1.54, 1.807) is 6.07 Å². The number of amides is 1. The van der Waals surface area contributed by atoms with Gasteiger partial charge in [-0.25, -0.2) is 8.42 Å². The van der Waals surface area contributed by atoms with Crippen molar-refractivity contribution in [2.75, 3.05) is 6.54 Å². The van der Waals surface area contributed by atoms with E-state index in [4.69, 9.17) is 0 Å². The number of nitrogens with zero attached hydrogens (tertiary/aromatic N) is 1. The molecular weight excluding hydrogens is 259 g/mol. The average Bonchev–Trinajstić information content (AvgIpc) is 2.39. The highest BCUT2D eigenvalue weighted by Crippen LogP contribution is 2.22. The number of hydrogen-bond acceptors (Lipinski definition) is 3. The Morgan fingerprint density at radius 2 is 1.94 bits per heavy atom. The zero-order valence-electron chi connectivity index (χ0n) is 9.54. The third-order valence-corrected chi connectivity index (χ3v) is 4.35. The molecule has 1 aliphatic rings. The van der Waals surface area contributed by atoms with Gasteiger partial charge in [-0.15, -0.1) is 4.48 Å². The Balaban J connectivity index is 2.27. The second-order valence-electron chi connectivity index (χ2n) is 4.01. The molecule has 1 aromatic rings. The number of rotatable bonds is 3. The number of benzene rings is 1. The molecule has 5 nitrogen and oxygen atoms in total. The molecule has 1 amide bonds. The SMILES string of the molecule is O=C1NCCCC1N(F)S(=O)(=O)c1ccccc1. The lowest BCUT2D eigenvalue weighted by molar-refractivity contribution is -0.130. The van der Waals surface area contributed by atoms with Crippen molar-refractivity contribution in [3.63, 3.8) is 0 Å². The summed E-state index contributed by atoms with van der Waals surface area (Å²) in [6, 6.07) is 5.95. The van der Waals surface area contributed by atoms with Crippen LogP contribution >= 0.6 is 0 Å². The fourth-order valence-corrected chi connectivity index (χ4v) is 3.05. The van der Waals surface area contributed by atoms with Crippen molar-refractivity contribution >= 4 is 15.9 Å². The van der Waals surface area contributed by atoms with Crippen molar-refractivity contribution in [2.24, 2.45) is 0 Å². The molecule has 7 heteroatoms. The van der Waals surface area contributed by atoms with Gasteiger partial charge in [-0.2, -0.15) is 0 Å². The molecule has 0 aromatic heterocycles. The Morgan fingerprint density at radius 1 is 1.28 bits per heavy atom. The third-order valence-electron chi connectivity index (χ3n) is 2.77. The first-order valence-electron chi connectivity index (χ1n) is 5.56. The van der Waals surface area contributed by atoms with E-state index in [2.05, 4.69) is 5.32 Å². The Morgan fingerprint density at radius 3 is 2.56 bits per heavy atom. The largest absolute Gasteiger partial charge is 0.355 e. The van der Waals surface area contributed by atoms with E-state index >= 15 is 0 Å². The summed E-state index contributed by atoms with van der Waals surface area (Å²) in [6.45, 7) is 0.453. The number of sulfonamides is 1. The molecule has 1 aliphatic heterocycles. The van der Waals surface area contributed by atoms with Crippen LogP contribution in [0.3, 0.4) is 0 Å². The monoisotopic (exact) mass is 272 g/mol. The Hall–Kier alpha value is -1.47. The van der Waals surface area contributed by atoms with E-state index in [1.165, 1.54) is 24.3 Å². The lowest BCUT2D eigenvalue weighted by Crippen LogP contribution is -2.49. The van der Waals surface area contributed by atoms with Gasteiger partial charge >= 0.3 is 0 Å². The van der Waals surface area contributed by atoms with Crippen LogP contribution in [0.15, 0.2) is 35.2 Å². The van der Waals surface area contributed by atoms with Crippen molar-refractivity contribution in [2.45, 2.75) is 23.8 Å². The van der Waals surface area contributed by atoms with Crippen LogP contribution in [-0.4, -0.2) is 31.4 Å². The molecule has 0 aliphatic carbocycles. The quantitative estimate of drug-likeness (QED) is 0.829. The van der Waals surface area contributed by atoms with Gasteiger partial charge in [0, 0.05) is 6.54 Å². The fraction of sp³-hybridized carbons (Fsp3) is 0.364. The number of piperidine rings is 1. The Kier molecular flexibility index (Phi) is 3.63. The first kappa shape index (κ1) is 13.0. The molecule has 98 valence electrons. The molecule has 1 saturated heterocycles. The number of nitrogens with one attached hydrogen (secondary N) is 1. The predicted molar refractivity (Wildman–Crippen MR) is 62.6 cm³/mol. The smallest absolute Gasteiger partial charge is 0.269 e. The molecule has 18 heavy (non-hydrogen) atoms. The normalized spacial score (nSPS) is 20.8. The van der Waals surface area contributed by atoms with Crippen molar-refractivity contribution in [1.29, 1.82) is 0 Å². The van der Waals surface area contributed by atoms with Crippen molar-refractivity contribution in [3.8, 4) is 0 Å². The van der Waals surface area contributed by atoms with Gasteiger partial charge in [-0.05, 0) is 29.5 Å². The molecule has 0 saturated carbocycles. The molecule has 1 fully saturated rings.